The second-order valence-corrected chi connectivity index (χ2v) is 5.06. The Balaban J connectivity index is 2.42. The maximum Gasteiger partial charge on any atom is 0.321 e. The molecule has 1 aliphatic heterocycles. The Bertz CT molecular complexity index is 223. The molecule has 0 aromatic heterocycles. The molecule has 0 bridgehead atoms. The van der Waals surface area contributed by atoms with Gasteiger partial charge in [-0.05, 0) is 12.2 Å². The van der Waals surface area contributed by atoms with Crippen molar-refractivity contribution >= 4 is 17.9 Å². The number of nitrogens with zero attached hydrogens (tertiary/aromatic N) is 1. The molecule has 1 aliphatic rings. The minimum atomic E-state index is -0.750. The first-order valence-corrected chi connectivity index (χ1v) is 6.38. The molecule has 0 aliphatic carbocycles. The summed E-state index contributed by atoms with van der Waals surface area (Å²) in [4.78, 5) is 10.9. The summed E-state index contributed by atoms with van der Waals surface area (Å²) in [6.45, 7) is 5.61. The number of hydrogen-bond acceptors (Lipinski definition) is 4. The third kappa shape index (κ3) is 3.66. The summed E-state index contributed by atoms with van der Waals surface area (Å²) in [6.07, 6.45) is 2.57. The number of ether oxygens (including phenoxy) is 1. The fraction of sp³-hybridized carbons (Fsp3) is 0.900. The number of carboxylic acids is 1. The van der Waals surface area contributed by atoms with E-state index in [1.165, 1.54) is 11.9 Å². The molecular weight excluding hydrogens is 214 g/mol. The SMILES string of the molecule is CSN1C[C@H](OCC(C)C)C[C@H]1C(=O)O. The van der Waals surface area contributed by atoms with Gasteiger partial charge in [-0.15, -0.1) is 0 Å². The fourth-order valence-corrected chi connectivity index (χ4v) is 2.39. The van der Waals surface area contributed by atoms with Crippen molar-refractivity contribution in [1.29, 1.82) is 0 Å². The highest BCUT2D eigenvalue weighted by molar-refractivity contribution is 7.96. The summed E-state index contributed by atoms with van der Waals surface area (Å²) in [7, 11) is 0. The molecule has 0 amide bonds. The van der Waals surface area contributed by atoms with Gasteiger partial charge in [-0.3, -0.25) is 4.79 Å². The Morgan fingerprint density at radius 3 is 2.73 bits per heavy atom. The van der Waals surface area contributed by atoms with Crippen molar-refractivity contribution in [1.82, 2.24) is 4.31 Å². The van der Waals surface area contributed by atoms with Gasteiger partial charge in [0.25, 0.3) is 0 Å². The third-order valence-electron chi connectivity index (χ3n) is 2.40. The standard InChI is InChI=1S/C10H19NO3S/c1-7(2)6-14-8-4-9(10(12)13)11(5-8)15-3/h7-9H,4-6H2,1-3H3,(H,12,13)/t8-,9+/m1/s1. The molecule has 88 valence electrons. The third-order valence-corrected chi connectivity index (χ3v) is 3.27. The number of carboxylic acid groups (broad SMARTS) is 1. The first kappa shape index (κ1) is 12.8. The molecule has 0 spiro atoms. The molecule has 0 radical (unpaired) electrons. The number of carbonyl (C=O) groups is 1. The topological polar surface area (TPSA) is 49.8 Å². The van der Waals surface area contributed by atoms with E-state index in [9.17, 15) is 4.79 Å². The average molecular weight is 233 g/mol. The second-order valence-electron chi connectivity index (χ2n) is 4.22. The van der Waals surface area contributed by atoms with E-state index in [0.29, 0.717) is 25.5 Å². The van der Waals surface area contributed by atoms with Crippen molar-refractivity contribution in [2.24, 2.45) is 5.92 Å². The Hall–Kier alpha value is -0.260. The van der Waals surface area contributed by atoms with Gasteiger partial charge in [-0.2, -0.15) is 0 Å². The van der Waals surface area contributed by atoms with Gasteiger partial charge in [0.1, 0.15) is 6.04 Å². The van der Waals surface area contributed by atoms with Crippen molar-refractivity contribution in [3.05, 3.63) is 0 Å². The molecule has 15 heavy (non-hydrogen) atoms. The lowest BCUT2D eigenvalue weighted by Gasteiger charge is -2.16. The summed E-state index contributed by atoms with van der Waals surface area (Å²) in [5.41, 5.74) is 0. The van der Waals surface area contributed by atoms with E-state index in [1.54, 1.807) is 0 Å². The van der Waals surface area contributed by atoms with Crippen molar-refractivity contribution in [2.45, 2.75) is 32.4 Å². The van der Waals surface area contributed by atoms with Crippen molar-refractivity contribution in [2.75, 3.05) is 19.4 Å². The molecule has 1 fully saturated rings. The van der Waals surface area contributed by atoms with Gasteiger partial charge >= 0.3 is 5.97 Å². The lowest BCUT2D eigenvalue weighted by atomic mass is 10.2. The fourth-order valence-electron chi connectivity index (χ4n) is 1.64. The normalized spacial score (nSPS) is 27.5. The number of aliphatic carboxylic acids is 1. The van der Waals surface area contributed by atoms with Crippen LogP contribution in [-0.2, 0) is 9.53 Å². The number of rotatable bonds is 5. The minimum Gasteiger partial charge on any atom is -0.480 e. The molecule has 1 heterocycles. The zero-order valence-electron chi connectivity index (χ0n) is 9.47. The van der Waals surface area contributed by atoms with Crippen molar-refractivity contribution in [3.8, 4) is 0 Å². The highest BCUT2D eigenvalue weighted by atomic mass is 32.2. The van der Waals surface area contributed by atoms with Gasteiger partial charge in [0.2, 0.25) is 0 Å². The largest absolute Gasteiger partial charge is 0.480 e. The predicted molar refractivity (Wildman–Crippen MR) is 60.8 cm³/mol. The Kier molecular flexibility index (Phi) is 4.89. The molecule has 1 saturated heterocycles. The van der Waals surface area contributed by atoms with Gasteiger partial charge in [0.05, 0.1) is 6.10 Å². The molecule has 2 atom stereocenters. The van der Waals surface area contributed by atoms with Gasteiger partial charge < -0.3 is 9.84 Å². The molecule has 1 rings (SSSR count). The highest BCUT2D eigenvalue weighted by Crippen LogP contribution is 2.26. The zero-order valence-corrected chi connectivity index (χ0v) is 10.3. The van der Waals surface area contributed by atoms with Crippen LogP contribution in [0.4, 0.5) is 0 Å². The Morgan fingerprint density at radius 2 is 2.33 bits per heavy atom. The van der Waals surface area contributed by atoms with E-state index in [1.807, 2.05) is 10.6 Å². The van der Waals surface area contributed by atoms with E-state index >= 15 is 0 Å². The second kappa shape index (κ2) is 5.72. The maximum atomic E-state index is 10.9. The monoisotopic (exact) mass is 233 g/mol. The first-order chi connectivity index (χ1) is 7.04. The summed E-state index contributed by atoms with van der Waals surface area (Å²) in [5.74, 6) is -0.253. The van der Waals surface area contributed by atoms with E-state index in [4.69, 9.17) is 9.84 Å². The molecule has 4 nitrogen and oxygen atoms in total. The summed E-state index contributed by atoms with van der Waals surface area (Å²) in [5, 5.41) is 9.00. The zero-order chi connectivity index (χ0) is 11.4. The van der Waals surface area contributed by atoms with Crippen LogP contribution in [-0.4, -0.2) is 46.9 Å². The molecule has 0 saturated carbocycles. The molecular formula is C10H19NO3S. The summed E-state index contributed by atoms with van der Waals surface area (Å²) < 4.78 is 7.54. The van der Waals surface area contributed by atoms with Gasteiger partial charge in [0.15, 0.2) is 0 Å². The summed E-state index contributed by atoms with van der Waals surface area (Å²) in [6, 6.07) is -0.392. The minimum absolute atomic E-state index is 0.0703. The Labute approximate surface area is 95.1 Å². The van der Waals surface area contributed by atoms with E-state index in [2.05, 4.69) is 13.8 Å². The van der Waals surface area contributed by atoms with Crippen LogP contribution in [0.1, 0.15) is 20.3 Å². The number of hydrogen-bond donors (Lipinski definition) is 1. The quantitative estimate of drug-likeness (QED) is 0.729. The average Bonchev–Trinajstić information content (AvgIpc) is 2.57. The van der Waals surface area contributed by atoms with E-state index < -0.39 is 12.0 Å². The van der Waals surface area contributed by atoms with Crippen LogP contribution in [0.3, 0.4) is 0 Å². The smallest absolute Gasteiger partial charge is 0.321 e. The van der Waals surface area contributed by atoms with Gasteiger partial charge in [0, 0.05) is 19.6 Å². The van der Waals surface area contributed by atoms with Crippen LogP contribution in [0.15, 0.2) is 0 Å². The highest BCUT2D eigenvalue weighted by Gasteiger charge is 2.37. The molecule has 1 N–H and O–H groups in total. The Morgan fingerprint density at radius 1 is 1.67 bits per heavy atom. The first-order valence-electron chi connectivity index (χ1n) is 5.19. The summed E-state index contributed by atoms with van der Waals surface area (Å²) >= 11 is 1.48. The molecule has 0 aromatic rings. The van der Waals surface area contributed by atoms with Crippen LogP contribution < -0.4 is 0 Å². The van der Waals surface area contributed by atoms with E-state index in [-0.39, 0.29) is 6.10 Å². The van der Waals surface area contributed by atoms with Crippen LogP contribution in [0.25, 0.3) is 0 Å². The van der Waals surface area contributed by atoms with E-state index in [0.717, 1.165) is 0 Å². The molecule has 0 unspecified atom stereocenters. The van der Waals surface area contributed by atoms with Gasteiger partial charge in [-0.1, -0.05) is 25.8 Å². The predicted octanol–water partition coefficient (Wildman–Crippen LogP) is 1.46. The lowest BCUT2D eigenvalue weighted by Crippen LogP contribution is -2.30. The van der Waals surface area contributed by atoms with Crippen LogP contribution >= 0.6 is 11.9 Å². The molecule has 0 aromatic carbocycles. The van der Waals surface area contributed by atoms with Crippen LogP contribution in [0, 0.1) is 5.92 Å². The maximum absolute atomic E-state index is 10.9. The lowest BCUT2D eigenvalue weighted by molar-refractivity contribution is -0.140. The van der Waals surface area contributed by atoms with Crippen molar-refractivity contribution in [3.63, 3.8) is 0 Å². The van der Waals surface area contributed by atoms with Crippen molar-refractivity contribution < 1.29 is 14.6 Å². The molecule has 5 heteroatoms. The van der Waals surface area contributed by atoms with Crippen LogP contribution in [0.5, 0.6) is 0 Å². The van der Waals surface area contributed by atoms with Gasteiger partial charge in [-0.25, -0.2) is 4.31 Å². The van der Waals surface area contributed by atoms with Crippen LogP contribution in [0.2, 0.25) is 0 Å².